The van der Waals surface area contributed by atoms with Gasteiger partial charge in [0.25, 0.3) is 0 Å². The van der Waals surface area contributed by atoms with Crippen LogP contribution in [-0.4, -0.2) is 23.6 Å². The summed E-state index contributed by atoms with van der Waals surface area (Å²) in [4.78, 5) is 8.55. The Balaban J connectivity index is 2.00. The summed E-state index contributed by atoms with van der Waals surface area (Å²) in [7, 11) is 1.62. The zero-order valence-corrected chi connectivity index (χ0v) is 10.1. The fraction of sp³-hybridized carbons (Fsp3) is 0.636. The molecule has 0 saturated heterocycles. The van der Waals surface area contributed by atoms with E-state index in [2.05, 4.69) is 20.7 Å². The van der Waals surface area contributed by atoms with Crippen molar-refractivity contribution in [2.45, 2.75) is 25.9 Å². The van der Waals surface area contributed by atoms with Crippen molar-refractivity contribution in [3.8, 4) is 0 Å². The minimum Gasteiger partial charge on any atom is -0.377 e. The van der Waals surface area contributed by atoms with Crippen molar-refractivity contribution >= 4 is 11.6 Å². The fourth-order valence-electron chi connectivity index (χ4n) is 1.80. The van der Waals surface area contributed by atoms with Crippen LogP contribution in [-0.2, 0) is 11.3 Å². The summed E-state index contributed by atoms with van der Waals surface area (Å²) in [5.74, 6) is 8.17. The first kappa shape index (κ1) is 12.1. The second-order valence-electron chi connectivity index (χ2n) is 4.31. The topological polar surface area (TPSA) is 85.1 Å². The molecule has 6 nitrogen and oxygen atoms in total. The molecule has 1 aliphatic rings. The van der Waals surface area contributed by atoms with Gasteiger partial charge >= 0.3 is 0 Å². The Hall–Kier alpha value is -1.40. The molecule has 0 atom stereocenters. The number of aromatic nitrogens is 2. The van der Waals surface area contributed by atoms with Gasteiger partial charge in [0, 0.05) is 19.7 Å². The highest BCUT2D eigenvalue weighted by atomic mass is 16.5. The Kier molecular flexibility index (Phi) is 4.11. The lowest BCUT2D eigenvalue weighted by Gasteiger charge is -2.25. The maximum absolute atomic E-state index is 5.37. The Morgan fingerprint density at radius 2 is 2.18 bits per heavy atom. The minimum atomic E-state index is 0.383. The third-order valence-corrected chi connectivity index (χ3v) is 2.99. The molecule has 1 saturated carbocycles. The van der Waals surface area contributed by atoms with Gasteiger partial charge in [-0.1, -0.05) is 6.42 Å². The first-order valence-corrected chi connectivity index (χ1v) is 5.89. The first-order valence-electron chi connectivity index (χ1n) is 5.89. The molecule has 17 heavy (non-hydrogen) atoms. The summed E-state index contributed by atoms with van der Waals surface area (Å²) in [6.45, 7) is 1.35. The summed E-state index contributed by atoms with van der Waals surface area (Å²) in [6, 6.07) is 1.80. The van der Waals surface area contributed by atoms with Crippen molar-refractivity contribution < 1.29 is 4.74 Å². The summed E-state index contributed by atoms with van der Waals surface area (Å²) in [6.07, 6.45) is 3.97. The highest BCUT2D eigenvalue weighted by Gasteiger charge is 2.17. The number of nitrogen functional groups attached to an aromatic ring is 1. The van der Waals surface area contributed by atoms with Gasteiger partial charge in [0.15, 0.2) is 5.82 Å². The molecule has 1 heterocycles. The normalized spacial score (nSPS) is 15.4. The summed E-state index contributed by atoms with van der Waals surface area (Å²) in [5.41, 5.74) is 2.54. The molecule has 1 aromatic rings. The molecule has 0 unspecified atom stereocenters. The molecular weight excluding hydrogens is 218 g/mol. The van der Waals surface area contributed by atoms with Crippen LogP contribution in [0.15, 0.2) is 6.07 Å². The van der Waals surface area contributed by atoms with Crippen molar-refractivity contribution in [3.05, 3.63) is 11.9 Å². The molecule has 94 valence electrons. The molecule has 0 amide bonds. The van der Waals surface area contributed by atoms with Gasteiger partial charge in [0.1, 0.15) is 18.2 Å². The van der Waals surface area contributed by atoms with Crippen LogP contribution in [0, 0.1) is 5.92 Å². The number of nitrogens with one attached hydrogen (secondary N) is 2. The van der Waals surface area contributed by atoms with Gasteiger partial charge in [-0.15, -0.1) is 0 Å². The lowest BCUT2D eigenvalue weighted by Crippen LogP contribution is -2.22. The predicted octanol–water partition coefficient (Wildman–Crippen LogP) is 1.12. The van der Waals surface area contributed by atoms with E-state index in [0.29, 0.717) is 18.2 Å². The minimum absolute atomic E-state index is 0.383. The fourth-order valence-corrected chi connectivity index (χ4v) is 1.80. The van der Waals surface area contributed by atoms with Crippen molar-refractivity contribution in [2.75, 3.05) is 24.4 Å². The molecule has 1 aliphatic carbocycles. The monoisotopic (exact) mass is 237 g/mol. The van der Waals surface area contributed by atoms with Crippen LogP contribution in [0.2, 0.25) is 0 Å². The van der Waals surface area contributed by atoms with Crippen LogP contribution in [0.4, 0.5) is 11.6 Å². The van der Waals surface area contributed by atoms with Gasteiger partial charge in [-0.05, 0) is 18.8 Å². The summed E-state index contributed by atoms with van der Waals surface area (Å²) in [5, 5.41) is 3.32. The van der Waals surface area contributed by atoms with Crippen LogP contribution in [0.1, 0.15) is 25.1 Å². The Morgan fingerprint density at radius 1 is 1.41 bits per heavy atom. The number of anilines is 2. The zero-order valence-electron chi connectivity index (χ0n) is 10.1. The van der Waals surface area contributed by atoms with Gasteiger partial charge in [0.2, 0.25) is 0 Å². The zero-order chi connectivity index (χ0) is 12.1. The third-order valence-electron chi connectivity index (χ3n) is 2.99. The molecule has 0 bridgehead atoms. The van der Waals surface area contributed by atoms with Crippen LogP contribution < -0.4 is 16.6 Å². The summed E-state index contributed by atoms with van der Waals surface area (Å²) < 4.78 is 5.02. The number of hydrogen-bond acceptors (Lipinski definition) is 6. The van der Waals surface area contributed by atoms with E-state index in [9.17, 15) is 0 Å². The average Bonchev–Trinajstić information content (AvgIpc) is 2.27. The number of hydrogen-bond donors (Lipinski definition) is 3. The molecule has 0 radical (unpaired) electrons. The molecule has 2 rings (SSSR count). The van der Waals surface area contributed by atoms with E-state index < -0.39 is 0 Å². The number of ether oxygens (including phenoxy) is 1. The van der Waals surface area contributed by atoms with Gasteiger partial charge in [0.05, 0.1) is 0 Å². The van der Waals surface area contributed by atoms with Crippen molar-refractivity contribution in [2.24, 2.45) is 11.8 Å². The van der Waals surface area contributed by atoms with E-state index in [1.54, 1.807) is 13.2 Å². The third kappa shape index (κ3) is 3.28. The number of nitrogens with two attached hydrogens (primary N) is 1. The number of methoxy groups -OCH3 is 1. The standard InChI is InChI=1S/C11H19N5O/c1-17-7-11-14-9(5-10(15-11)16-12)13-6-8-3-2-4-8/h5,8H,2-4,6-7,12H2,1H3,(H2,13,14,15,16). The highest BCUT2D eigenvalue weighted by molar-refractivity contribution is 5.46. The van der Waals surface area contributed by atoms with Crippen molar-refractivity contribution in [3.63, 3.8) is 0 Å². The predicted molar refractivity (Wildman–Crippen MR) is 66.4 cm³/mol. The molecular formula is C11H19N5O. The lowest BCUT2D eigenvalue weighted by molar-refractivity contribution is 0.178. The van der Waals surface area contributed by atoms with Gasteiger partial charge < -0.3 is 15.5 Å². The Bertz CT molecular complexity index is 367. The summed E-state index contributed by atoms with van der Waals surface area (Å²) >= 11 is 0. The molecule has 1 aromatic heterocycles. The van der Waals surface area contributed by atoms with Crippen molar-refractivity contribution in [1.82, 2.24) is 9.97 Å². The van der Waals surface area contributed by atoms with E-state index in [1.165, 1.54) is 19.3 Å². The van der Waals surface area contributed by atoms with E-state index in [1.807, 2.05) is 0 Å². The SMILES string of the molecule is COCc1nc(NN)cc(NCC2CCC2)n1. The number of rotatable bonds is 6. The number of nitrogens with zero attached hydrogens (tertiary/aromatic N) is 2. The second-order valence-corrected chi connectivity index (χ2v) is 4.31. The maximum atomic E-state index is 5.37. The van der Waals surface area contributed by atoms with Gasteiger partial charge in [-0.3, -0.25) is 0 Å². The van der Waals surface area contributed by atoms with Crippen LogP contribution in [0.5, 0.6) is 0 Å². The van der Waals surface area contributed by atoms with E-state index >= 15 is 0 Å². The molecule has 0 aliphatic heterocycles. The molecule has 6 heteroatoms. The Labute approximate surface area is 101 Å². The Morgan fingerprint density at radius 3 is 2.76 bits per heavy atom. The highest BCUT2D eigenvalue weighted by Crippen LogP contribution is 2.26. The number of hydrazine groups is 1. The first-order chi connectivity index (χ1) is 8.31. The van der Waals surface area contributed by atoms with Gasteiger partial charge in [-0.25, -0.2) is 15.8 Å². The van der Waals surface area contributed by atoms with E-state index in [-0.39, 0.29) is 0 Å². The van der Waals surface area contributed by atoms with Crippen molar-refractivity contribution in [1.29, 1.82) is 0 Å². The molecule has 4 N–H and O–H groups in total. The van der Waals surface area contributed by atoms with E-state index in [4.69, 9.17) is 10.6 Å². The van der Waals surface area contributed by atoms with Crippen LogP contribution in [0.25, 0.3) is 0 Å². The largest absolute Gasteiger partial charge is 0.377 e. The molecule has 0 spiro atoms. The second kappa shape index (κ2) is 5.79. The average molecular weight is 237 g/mol. The smallest absolute Gasteiger partial charge is 0.158 e. The van der Waals surface area contributed by atoms with Gasteiger partial charge in [-0.2, -0.15) is 0 Å². The molecule has 1 fully saturated rings. The molecule has 0 aromatic carbocycles. The quantitative estimate of drug-likeness (QED) is 0.508. The maximum Gasteiger partial charge on any atom is 0.158 e. The lowest BCUT2D eigenvalue weighted by atomic mass is 9.85. The van der Waals surface area contributed by atoms with Crippen LogP contribution in [0.3, 0.4) is 0 Å². The van der Waals surface area contributed by atoms with E-state index in [0.717, 1.165) is 18.3 Å². The van der Waals surface area contributed by atoms with Crippen LogP contribution >= 0.6 is 0 Å².